The van der Waals surface area contributed by atoms with Crippen molar-refractivity contribution in [1.29, 1.82) is 0 Å². The SMILES string of the molecule is CC1(C)OB(/C(=C\c2ccccc2)c2ccc(C(F)(F)F)cc2)OC1(C)C. The van der Waals surface area contributed by atoms with Gasteiger partial charge in [0.05, 0.1) is 16.8 Å². The second kappa shape index (κ2) is 6.84. The molecule has 1 aliphatic heterocycles. The minimum atomic E-state index is -4.37. The number of benzene rings is 2. The highest BCUT2D eigenvalue weighted by atomic mass is 19.4. The van der Waals surface area contributed by atoms with Crippen molar-refractivity contribution in [3.63, 3.8) is 0 Å². The fourth-order valence-corrected chi connectivity index (χ4v) is 2.84. The van der Waals surface area contributed by atoms with Gasteiger partial charge in [0.1, 0.15) is 0 Å². The van der Waals surface area contributed by atoms with Crippen LogP contribution >= 0.6 is 0 Å². The molecule has 142 valence electrons. The van der Waals surface area contributed by atoms with Crippen molar-refractivity contribution in [2.75, 3.05) is 0 Å². The van der Waals surface area contributed by atoms with Crippen molar-refractivity contribution < 1.29 is 22.5 Å². The van der Waals surface area contributed by atoms with E-state index in [0.717, 1.165) is 17.7 Å². The first-order valence-electron chi connectivity index (χ1n) is 8.79. The van der Waals surface area contributed by atoms with Crippen LogP contribution in [-0.2, 0) is 15.5 Å². The van der Waals surface area contributed by atoms with E-state index < -0.39 is 30.1 Å². The van der Waals surface area contributed by atoms with E-state index in [4.69, 9.17) is 9.31 Å². The number of halogens is 3. The summed E-state index contributed by atoms with van der Waals surface area (Å²) in [6, 6.07) is 14.7. The minimum absolute atomic E-state index is 0.542. The Labute approximate surface area is 158 Å². The molecule has 3 rings (SSSR count). The van der Waals surface area contributed by atoms with Gasteiger partial charge in [0.2, 0.25) is 0 Å². The lowest BCUT2D eigenvalue weighted by Gasteiger charge is -2.32. The number of hydrogen-bond donors (Lipinski definition) is 0. The molecular weight excluding hydrogens is 352 g/mol. The Morgan fingerprint density at radius 3 is 1.85 bits per heavy atom. The molecule has 1 fully saturated rings. The third-order valence-electron chi connectivity index (χ3n) is 5.17. The van der Waals surface area contributed by atoms with Gasteiger partial charge in [-0.05, 0) is 56.4 Å². The molecule has 0 amide bonds. The first kappa shape index (κ1) is 19.7. The third-order valence-corrected chi connectivity index (χ3v) is 5.17. The molecule has 0 spiro atoms. The monoisotopic (exact) mass is 374 g/mol. The number of rotatable bonds is 3. The van der Waals surface area contributed by atoms with E-state index in [9.17, 15) is 13.2 Å². The molecule has 0 aliphatic carbocycles. The first-order chi connectivity index (χ1) is 12.5. The van der Waals surface area contributed by atoms with Gasteiger partial charge in [-0.3, -0.25) is 0 Å². The maximum Gasteiger partial charge on any atom is 0.495 e. The standard InChI is InChI=1S/C21H22BF3O2/c1-19(2)20(3,4)27-22(26-19)18(14-15-8-6-5-7-9-15)16-10-12-17(13-11-16)21(23,24)25/h5-14H,1-4H3/b18-14-. The van der Waals surface area contributed by atoms with Crippen LogP contribution in [0.25, 0.3) is 11.5 Å². The van der Waals surface area contributed by atoms with Crippen LogP contribution in [0, 0.1) is 0 Å². The average molecular weight is 374 g/mol. The van der Waals surface area contributed by atoms with Crippen molar-refractivity contribution in [2.24, 2.45) is 0 Å². The highest BCUT2D eigenvalue weighted by Gasteiger charge is 2.52. The summed E-state index contributed by atoms with van der Waals surface area (Å²) in [5, 5.41) is 0. The molecule has 1 saturated heterocycles. The van der Waals surface area contributed by atoms with Gasteiger partial charge in [-0.15, -0.1) is 0 Å². The Hall–Kier alpha value is -2.05. The summed E-state index contributed by atoms with van der Waals surface area (Å²) in [6.45, 7) is 7.78. The topological polar surface area (TPSA) is 18.5 Å². The second-order valence-corrected chi connectivity index (χ2v) is 7.67. The molecule has 0 radical (unpaired) electrons. The summed E-state index contributed by atoms with van der Waals surface area (Å²) < 4.78 is 51.0. The van der Waals surface area contributed by atoms with Crippen LogP contribution in [0.1, 0.15) is 44.4 Å². The molecule has 2 nitrogen and oxygen atoms in total. The third kappa shape index (κ3) is 4.12. The molecule has 1 heterocycles. The Balaban J connectivity index is 2.03. The fourth-order valence-electron chi connectivity index (χ4n) is 2.84. The van der Waals surface area contributed by atoms with E-state index in [1.165, 1.54) is 12.1 Å². The van der Waals surface area contributed by atoms with Gasteiger partial charge in [0, 0.05) is 0 Å². The maximum absolute atomic E-state index is 12.9. The maximum atomic E-state index is 12.9. The summed E-state index contributed by atoms with van der Waals surface area (Å²) in [4.78, 5) is 0. The van der Waals surface area contributed by atoms with E-state index in [1.807, 2.05) is 64.1 Å². The van der Waals surface area contributed by atoms with Crippen LogP contribution in [-0.4, -0.2) is 18.3 Å². The normalized spacial score (nSPS) is 19.4. The van der Waals surface area contributed by atoms with E-state index in [0.29, 0.717) is 11.0 Å². The molecule has 0 atom stereocenters. The predicted octanol–water partition coefficient (Wildman–Crippen LogP) is 5.88. The summed E-state index contributed by atoms with van der Waals surface area (Å²) in [7, 11) is -0.674. The lowest BCUT2D eigenvalue weighted by atomic mass is 9.73. The molecular formula is C21H22BF3O2. The molecule has 0 unspecified atom stereocenters. The Morgan fingerprint density at radius 2 is 1.37 bits per heavy atom. The summed E-state index contributed by atoms with van der Waals surface area (Å²) in [6.07, 6.45) is -2.48. The zero-order valence-electron chi connectivity index (χ0n) is 15.8. The quantitative estimate of drug-likeness (QED) is 0.494. The Kier molecular flexibility index (Phi) is 4.99. The lowest BCUT2D eigenvalue weighted by molar-refractivity contribution is -0.137. The molecule has 6 heteroatoms. The number of alkyl halides is 3. The van der Waals surface area contributed by atoms with E-state index >= 15 is 0 Å². The highest BCUT2D eigenvalue weighted by molar-refractivity contribution is 6.70. The molecule has 0 aromatic heterocycles. The van der Waals surface area contributed by atoms with Gasteiger partial charge < -0.3 is 9.31 Å². The molecule has 27 heavy (non-hydrogen) atoms. The predicted molar refractivity (Wildman–Crippen MR) is 102 cm³/mol. The van der Waals surface area contributed by atoms with Crippen LogP contribution in [0.4, 0.5) is 13.2 Å². The number of hydrogen-bond acceptors (Lipinski definition) is 2. The molecule has 1 aliphatic rings. The van der Waals surface area contributed by atoms with Crippen LogP contribution in [0.5, 0.6) is 0 Å². The van der Waals surface area contributed by atoms with Gasteiger partial charge in [-0.25, -0.2) is 0 Å². The van der Waals surface area contributed by atoms with Crippen molar-refractivity contribution in [2.45, 2.75) is 45.1 Å². The summed E-state index contributed by atoms with van der Waals surface area (Å²) in [5.74, 6) is 0. The van der Waals surface area contributed by atoms with Crippen molar-refractivity contribution in [3.05, 3.63) is 71.3 Å². The van der Waals surface area contributed by atoms with Crippen LogP contribution in [0.3, 0.4) is 0 Å². The summed E-state index contributed by atoms with van der Waals surface area (Å²) in [5.41, 5.74) is 0.471. The first-order valence-corrected chi connectivity index (χ1v) is 8.79. The average Bonchev–Trinajstić information content (AvgIpc) is 2.80. The van der Waals surface area contributed by atoms with Gasteiger partial charge in [0.15, 0.2) is 0 Å². The fraction of sp³-hybridized carbons (Fsp3) is 0.333. The summed E-state index contributed by atoms with van der Waals surface area (Å²) >= 11 is 0. The van der Waals surface area contributed by atoms with Gasteiger partial charge in [-0.2, -0.15) is 13.2 Å². The van der Waals surface area contributed by atoms with E-state index in [1.54, 1.807) is 0 Å². The van der Waals surface area contributed by atoms with Crippen LogP contribution < -0.4 is 0 Å². The zero-order chi connectivity index (χ0) is 19.9. The van der Waals surface area contributed by atoms with E-state index in [-0.39, 0.29) is 0 Å². The largest absolute Gasteiger partial charge is 0.495 e. The Morgan fingerprint density at radius 1 is 0.852 bits per heavy atom. The van der Waals surface area contributed by atoms with Gasteiger partial charge >= 0.3 is 13.3 Å². The second-order valence-electron chi connectivity index (χ2n) is 7.67. The Bertz CT molecular complexity index is 809. The van der Waals surface area contributed by atoms with Crippen molar-refractivity contribution in [1.82, 2.24) is 0 Å². The molecule has 0 N–H and O–H groups in total. The van der Waals surface area contributed by atoms with Crippen molar-refractivity contribution in [3.8, 4) is 0 Å². The molecule has 2 aromatic rings. The van der Waals surface area contributed by atoms with Gasteiger partial charge in [0.25, 0.3) is 0 Å². The van der Waals surface area contributed by atoms with E-state index in [2.05, 4.69) is 0 Å². The smallest absolute Gasteiger partial charge is 0.399 e. The van der Waals surface area contributed by atoms with Crippen LogP contribution in [0.15, 0.2) is 54.6 Å². The zero-order valence-corrected chi connectivity index (χ0v) is 15.8. The van der Waals surface area contributed by atoms with Crippen molar-refractivity contribution >= 4 is 18.7 Å². The molecule has 2 aromatic carbocycles. The highest BCUT2D eigenvalue weighted by Crippen LogP contribution is 2.41. The minimum Gasteiger partial charge on any atom is -0.399 e. The lowest BCUT2D eigenvalue weighted by Crippen LogP contribution is -2.41. The van der Waals surface area contributed by atoms with Gasteiger partial charge in [-0.1, -0.05) is 48.5 Å². The van der Waals surface area contributed by atoms with Crippen LogP contribution in [0.2, 0.25) is 0 Å². The molecule has 0 saturated carbocycles. The molecule has 0 bridgehead atoms.